The zero-order valence-corrected chi connectivity index (χ0v) is 18.9. The van der Waals surface area contributed by atoms with Crippen LogP contribution in [0.2, 0.25) is 0 Å². The highest BCUT2D eigenvalue weighted by atomic mass is 19.1. The molecule has 0 saturated carbocycles. The van der Waals surface area contributed by atoms with Gasteiger partial charge in [0.15, 0.2) is 5.78 Å². The molecule has 1 heterocycles. The van der Waals surface area contributed by atoms with E-state index in [0.29, 0.717) is 17.6 Å². The van der Waals surface area contributed by atoms with Gasteiger partial charge in [-0.15, -0.1) is 0 Å². The molecule has 0 radical (unpaired) electrons. The number of ketones is 1. The summed E-state index contributed by atoms with van der Waals surface area (Å²) >= 11 is 0. The Kier molecular flexibility index (Phi) is 5.40. The fourth-order valence-corrected chi connectivity index (χ4v) is 4.92. The molecule has 0 bridgehead atoms. The normalized spacial score (nSPS) is 19.4. The average Bonchev–Trinajstić information content (AvgIpc) is 2.96. The summed E-state index contributed by atoms with van der Waals surface area (Å²) in [6.07, 6.45) is 0.789. The van der Waals surface area contributed by atoms with E-state index in [0.717, 1.165) is 33.8 Å². The first-order valence-electron chi connectivity index (χ1n) is 11.2. The zero-order chi connectivity index (χ0) is 24.0. The predicted octanol–water partition coefficient (Wildman–Crippen LogP) is 6.33. The molecule has 172 valence electrons. The summed E-state index contributed by atoms with van der Waals surface area (Å²) < 4.78 is 13.5. The molecule has 0 fully saturated rings. The molecule has 5 rings (SSSR count). The van der Waals surface area contributed by atoms with E-state index in [1.54, 1.807) is 30.3 Å². The number of hydrogen-bond donors (Lipinski definition) is 2. The van der Waals surface area contributed by atoms with E-state index >= 15 is 0 Å². The van der Waals surface area contributed by atoms with Crippen molar-refractivity contribution < 1.29 is 14.1 Å². The van der Waals surface area contributed by atoms with Crippen molar-refractivity contribution in [3.8, 4) is 0 Å². The minimum absolute atomic E-state index is 0.0346. The van der Waals surface area contributed by atoms with E-state index < -0.39 is 11.0 Å². The SMILES string of the molecule is Cc1cc2c(cc1C)NC(c1ccccc1[N+](=O)[O-])C1=C(CC(c3ccc(F)cc3)CC1=O)N2. The number of allylic oxidation sites excluding steroid dienone is 1. The van der Waals surface area contributed by atoms with Crippen molar-refractivity contribution in [3.63, 3.8) is 0 Å². The van der Waals surface area contributed by atoms with Crippen LogP contribution in [0.25, 0.3) is 0 Å². The van der Waals surface area contributed by atoms with Crippen LogP contribution in [-0.2, 0) is 4.79 Å². The minimum atomic E-state index is -0.672. The first-order chi connectivity index (χ1) is 16.3. The number of hydrogen-bond acceptors (Lipinski definition) is 5. The van der Waals surface area contributed by atoms with Crippen LogP contribution in [0.4, 0.5) is 21.5 Å². The average molecular weight is 458 g/mol. The summed E-state index contributed by atoms with van der Waals surface area (Å²) in [4.78, 5) is 25.0. The van der Waals surface area contributed by atoms with Gasteiger partial charge in [0.25, 0.3) is 5.69 Å². The van der Waals surface area contributed by atoms with Gasteiger partial charge in [-0.25, -0.2) is 4.39 Å². The number of halogens is 1. The zero-order valence-electron chi connectivity index (χ0n) is 18.9. The minimum Gasteiger partial charge on any atom is -0.372 e. The van der Waals surface area contributed by atoms with Crippen LogP contribution >= 0.6 is 0 Å². The number of rotatable bonds is 3. The monoisotopic (exact) mass is 457 g/mol. The van der Waals surface area contributed by atoms with Gasteiger partial charge in [0.05, 0.1) is 27.9 Å². The number of anilines is 2. The van der Waals surface area contributed by atoms with Gasteiger partial charge in [0.1, 0.15) is 5.82 Å². The molecule has 34 heavy (non-hydrogen) atoms. The number of nitrogens with one attached hydrogen (secondary N) is 2. The second-order valence-electron chi connectivity index (χ2n) is 8.97. The second-order valence-corrected chi connectivity index (χ2v) is 8.97. The molecule has 2 N–H and O–H groups in total. The highest BCUT2D eigenvalue weighted by molar-refractivity contribution is 6.01. The van der Waals surface area contributed by atoms with Crippen LogP contribution < -0.4 is 10.6 Å². The molecule has 0 aromatic heterocycles. The lowest BCUT2D eigenvalue weighted by Crippen LogP contribution is -2.27. The van der Waals surface area contributed by atoms with Crippen LogP contribution in [0, 0.1) is 29.8 Å². The van der Waals surface area contributed by atoms with Gasteiger partial charge < -0.3 is 10.6 Å². The molecule has 2 unspecified atom stereocenters. The summed E-state index contributed by atoms with van der Waals surface area (Å²) in [5, 5.41) is 18.7. The van der Waals surface area contributed by atoms with E-state index in [2.05, 4.69) is 10.6 Å². The molecule has 3 aromatic rings. The molecular weight excluding hydrogens is 433 g/mol. The smallest absolute Gasteiger partial charge is 0.275 e. The van der Waals surface area contributed by atoms with Gasteiger partial charge >= 0.3 is 0 Å². The lowest BCUT2D eigenvalue weighted by Gasteiger charge is -2.29. The van der Waals surface area contributed by atoms with E-state index in [9.17, 15) is 19.3 Å². The number of fused-ring (bicyclic) bond motifs is 1. The predicted molar refractivity (Wildman–Crippen MR) is 129 cm³/mol. The number of para-hydroxylation sites is 1. The Labute approximate surface area is 196 Å². The van der Waals surface area contributed by atoms with Crippen molar-refractivity contribution in [2.75, 3.05) is 10.6 Å². The number of benzene rings is 3. The van der Waals surface area contributed by atoms with Gasteiger partial charge in [-0.2, -0.15) is 0 Å². The van der Waals surface area contributed by atoms with E-state index in [1.807, 2.05) is 26.0 Å². The molecule has 3 aromatic carbocycles. The van der Waals surface area contributed by atoms with Crippen molar-refractivity contribution in [2.24, 2.45) is 0 Å². The summed E-state index contributed by atoms with van der Waals surface area (Å²) in [6, 6.07) is 16.1. The maximum atomic E-state index is 13.6. The lowest BCUT2D eigenvalue weighted by molar-refractivity contribution is -0.385. The number of Topliss-reactive ketones (excluding diaryl/α,β-unsaturated/α-hetero) is 1. The molecule has 6 nitrogen and oxygen atoms in total. The molecular formula is C27H24FN3O3. The Balaban J connectivity index is 1.67. The number of nitro benzene ring substituents is 1. The third-order valence-electron chi connectivity index (χ3n) is 6.80. The quantitative estimate of drug-likeness (QED) is 0.355. The maximum Gasteiger partial charge on any atom is 0.275 e. The summed E-state index contributed by atoms with van der Waals surface area (Å²) in [5.41, 5.74) is 6.33. The summed E-state index contributed by atoms with van der Waals surface area (Å²) in [7, 11) is 0. The standard InChI is InChI=1S/C27H24FN3O3/c1-15-11-21-22(12-16(15)2)30-27(20-5-3-4-6-24(20)31(33)34)26-23(29-21)13-18(14-25(26)32)17-7-9-19(28)10-8-17/h3-12,18,27,29-30H,13-14H2,1-2H3. The fourth-order valence-electron chi connectivity index (χ4n) is 4.92. The fraction of sp³-hybridized carbons (Fsp3) is 0.222. The number of carbonyl (C=O) groups excluding carboxylic acids is 1. The van der Waals surface area contributed by atoms with Gasteiger partial charge in [-0.3, -0.25) is 14.9 Å². The highest BCUT2D eigenvalue weighted by Crippen LogP contribution is 2.46. The van der Waals surface area contributed by atoms with E-state index in [1.165, 1.54) is 18.2 Å². The topological polar surface area (TPSA) is 84.3 Å². The van der Waals surface area contributed by atoms with Crippen molar-refractivity contribution in [1.29, 1.82) is 0 Å². The Morgan fingerprint density at radius 3 is 2.35 bits per heavy atom. The Hall–Kier alpha value is -4.00. The molecule has 2 atom stereocenters. The van der Waals surface area contributed by atoms with Crippen LogP contribution in [-0.4, -0.2) is 10.7 Å². The number of nitro groups is 1. The van der Waals surface area contributed by atoms with Crippen molar-refractivity contribution in [3.05, 3.63) is 110 Å². The van der Waals surface area contributed by atoms with E-state index in [4.69, 9.17) is 0 Å². The third-order valence-corrected chi connectivity index (χ3v) is 6.80. The van der Waals surface area contributed by atoms with Gasteiger partial charge in [0, 0.05) is 23.8 Å². The molecule has 0 spiro atoms. The first-order valence-corrected chi connectivity index (χ1v) is 11.2. The van der Waals surface area contributed by atoms with Gasteiger partial charge in [0.2, 0.25) is 0 Å². The Morgan fingerprint density at radius 1 is 0.971 bits per heavy atom. The van der Waals surface area contributed by atoms with Crippen LogP contribution in [0.5, 0.6) is 0 Å². The van der Waals surface area contributed by atoms with Gasteiger partial charge in [-0.1, -0.05) is 24.3 Å². The Morgan fingerprint density at radius 2 is 1.65 bits per heavy atom. The number of nitrogens with zero attached hydrogens (tertiary/aromatic N) is 1. The van der Waals surface area contributed by atoms with E-state index in [-0.39, 0.29) is 29.6 Å². The Bertz CT molecular complexity index is 1350. The van der Waals surface area contributed by atoms with Crippen molar-refractivity contribution >= 4 is 22.8 Å². The van der Waals surface area contributed by atoms with Crippen LogP contribution in [0.15, 0.2) is 71.9 Å². The molecule has 0 saturated heterocycles. The first kappa shape index (κ1) is 21.8. The summed E-state index contributed by atoms with van der Waals surface area (Å²) in [5.74, 6) is -0.516. The molecule has 0 amide bonds. The van der Waals surface area contributed by atoms with Crippen LogP contribution in [0.1, 0.15) is 47.1 Å². The molecule has 7 heteroatoms. The highest BCUT2D eigenvalue weighted by Gasteiger charge is 2.38. The van der Waals surface area contributed by atoms with Gasteiger partial charge in [-0.05, 0) is 73.2 Å². The van der Waals surface area contributed by atoms with Crippen molar-refractivity contribution in [2.45, 2.75) is 38.6 Å². The maximum absolute atomic E-state index is 13.6. The second kappa shape index (κ2) is 8.41. The largest absolute Gasteiger partial charge is 0.372 e. The number of aryl methyl sites for hydroxylation is 2. The summed E-state index contributed by atoms with van der Waals surface area (Å²) in [6.45, 7) is 4.02. The molecule has 1 aliphatic heterocycles. The molecule has 2 aliphatic rings. The lowest BCUT2D eigenvalue weighted by atomic mass is 9.78. The van der Waals surface area contributed by atoms with Crippen molar-refractivity contribution in [1.82, 2.24) is 0 Å². The number of carbonyl (C=O) groups is 1. The third kappa shape index (κ3) is 3.83. The van der Waals surface area contributed by atoms with Crippen LogP contribution in [0.3, 0.4) is 0 Å². The molecule has 1 aliphatic carbocycles.